The molecule has 0 aliphatic heterocycles. The van der Waals surface area contributed by atoms with Gasteiger partial charge < -0.3 is 11.1 Å². The lowest BCUT2D eigenvalue weighted by Crippen LogP contribution is -2.41. The second-order valence-electron chi connectivity index (χ2n) is 5.38. The molecule has 1 amide bonds. The highest BCUT2D eigenvalue weighted by atomic mass is 16.1. The van der Waals surface area contributed by atoms with E-state index >= 15 is 0 Å². The van der Waals surface area contributed by atoms with E-state index in [1.165, 1.54) is 19.3 Å². The van der Waals surface area contributed by atoms with Crippen LogP contribution in [0.25, 0.3) is 0 Å². The average molecular weight is 246 g/mol. The number of amides is 1. The normalized spacial score (nSPS) is 23.7. The van der Waals surface area contributed by atoms with Gasteiger partial charge in [-0.05, 0) is 37.3 Å². The van der Waals surface area contributed by atoms with Gasteiger partial charge in [0.05, 0.1) is 5.56 Å². The highest BCUT2D eigenvalue weighted by Crippen LogP contribution is 2.24. The molecule has 0 radical (unpaired) electrons. The van der Waals surface area contributed by atoms with Crippen molar-refractivity contribution in [2.24, 2.45) is 5.92 Å². The van der Waals surface area contributed by atoms with Crippen molar-refractivity contribution in [3.05, 3.63) is 29.3 Å². The van der Waals surface area contributed by atoms with E-state index in [4.69, 9.17) is 5.73 Å². The predicted octanol–water partition coefficient (Wildman–Crippen LogP) is 2.89. The maximum atomic E-state index is 12.2. The molecule has 2 rings (SSSR count). The van der Waals surface area contributed by atoms with Crippen molar-refractivity contribution >= 4 is 11.6 Å². The van der Waals surface area contributed by atoms with E-state index in [0.29, 0.717) is 23.2 Å². The molecule has 1 saturated carbocycles. The molecular weight excluding hydrogens is 224 g/mol. The first kappa shape index (κ1) is 12.9. The fourth-order valence-electron chi connectivity index (χ4n) is 2.66. The molecule has 0 spiro atoms. The molecule has 3 heteroatoms. The SMILES string of the molecule is Cc1cccc(C(=O)NC2CCCCC2C)c1N. The molecular formula is C15H22N2O. The molecule has 0 aromatic heterocycles. The lowest BCUT2D eigenvalue weighted by Gasteiger charge is -2.29. The molecule has 2 atom stereocenters. The van der Waals surface area contributed by atoms with Crippen molar-refractivity contribution in [2.75, 3.05) is 5.73 Å². The highest BCUT2D eigenvalue weighted by molar-refractivity contribution is 5.99. The van der Waals surface area contributed by atoms with Gasteiger partial charge in [-0.25, -0.2) is 0 Å². The van der Waals surface area contributed by atoms with Crippen LogP contribution in [0.5, 0.6) is 0 Å². The van der Waals surface area contributed by atoms with Crippen LogP contribution < -0.4 is 11.1 Å². The second-order valence-corrected chi connectivity index (χ2v) is 5.38. The van der Waals surface area contributed by atoms with Gasteiger partial charge in [-0.1, -0.05) is 31.9 Å². The fourth-order valence-corrected chi connectivity index (χ4v) is 2.66. The number of carbonyl (C=O) groups excluding carboxylic acids is 1. The third-order valence-corrected chi connectivity index (χ3v) is 4.00. The number of nitrogens with one attached hydrogen (secondary N) is 1. The summed E-state index contributed by atoms with van der Waals surface area (Å²) in [5.41, 5.74) is 8.12. The number of nitrogen functional groups attached to an aromatic ring is 1. The Balaban J connectivity index is 2.09. The van der Waals surface area contributed by atoms with Crippen LogP contribution in [0, 0.1) is 12.8 Å². The maximum absolute atomic E-state index is 12.2. The molecule has 0 heterocycles. The molecule has 0 saturated heterocycles. The van der Waals surface area contributed by atoms with Crippen molar-refractivity contribution < 1.29 is 4.79 Å². The Hall–Kier alpha value is -1.51. The molecule has 3 nitrogen and oxygen atoms in total. The highest BCUT2D eigenvalue weighted by Gasteiger charge is 2.23. The Morgan fingerprint density at radius 1 is 1.33 bits per heavy atom. The summed E-state index contributed by atoms with van der Waals surface area (Å²) in [4.78, 5) is 12.2. The molecule has 3 N–H and O–H groups in total. The average Bonchev–Trinajstić information content (AvgIpc) is 2.35. The Bertz CT molecular complexity index is 442. The van der Waals surface area contributed by atoms with Crippen LogP contribution >= 0.6 is 0 Å². The second kappa shape index (κ2) is 5.42. The van der Waals surface area contributed by atoms with E-state index in [1.807, 2.05) is 19.1 Å². The number of aryl methyl sites for hydroxylation is 1. The van der Waals surface area contributed by atoms with Crippen LogP contribution in [-0.2, 0) is 0 Å². The Labute approximate surface area is 109 Å². The van der Waals surface area contributed by atoms with E-state index in [0.717, 1.165) is 12.0 Å². The lowest BCUT2D eigenvalue weighted by atomic mass is 9.86. The number of rotatable bonds is 2. The first-order valence-corrected chi connectivity index (χ1v) is 6.75. The number of nitrogens with two attached hydrogens (primary N) is 1. The number of para-hydroxylation sites is 1. The van der Waals surface area contributed by atoms with Gasteiger partial charge in [0.15, 0.2) is 0 Å². The number of hydrogen-bond donors (Lipinski definition) is 2. The van der Waals surface area contributed by atoms with E-state index < -0.39 is 0 Å². The molecule has 1 aliphatic rings. The molecule has 2 unspecified atom stereocenters. The first-order valence-electron chi connectivity index (χ1n) is 6.75. The zero-order valence-electron chi connectivity index (χ0n) is 11.2. The first-order chi connectivity index (χ1) is 8.59. The topological polar surface area (TPSA) is 55.1 Å². The summed E-state index contributed by atoms with van der Waals surface area (Å²) < 4.78 is 0. The van der Waals surface area contributed by atoms with Gasteiger partial charge in [-0.2, -0.15) is 0 Å². The molecule has 1 aromatic carbocycles. The van der Waals surface area contributed by atoms with E-state index in [9.17, 15) is 4.79 Å². The maximum Gasteiger partial charge on any atom is 0.253 e. The monoisotopic (exact) mass is 246 g/mol. The molecule has 98 valence electrons. The predicted molar refractivity (Wildman–Crippen MR) is 74.5 cm³/mol. The lowest BCUT2D eigenvalue weighted by molar-refractivity contribution is 0.0911. The van der Waals surface area contributed by atoms with E-state index in [1.54, 1.807) is 6.07 Å². The summed E-state index contributed by atoms with van der Waals surface area (Å²) in [6, 6.07) is 5.90. The minimum Gasteiger partial charge on any atom is -0.398 e. The molecule has 1 aliphatic carbocycles. The Morgan fingerprint density at radius 3 is 2.78 bits per heavy atom. The summed E-state index contributed by atoms with van der Waals surface area (Å²) >= 11 is 0. The minimum atomic E-state index is -0.0325. The van der Waals surface area contributed by atoms with Gasteiger partial charge in [0.1, 0.15) is 0 Å². The molecule has 1 fully saturated rings. The number of benzene rings is 1. The summed E-state index contributed by atoms with van der Waals surface area (Å²) in [7, 11) is 0. The van der Waals surface area contributed by atoms with Crippen molar-refractivity contribution in [1.82, 2.24) is 5.32 Å². The summed E-state index contributed by atoms with van der Waals surface area (Å²) in [6.45, 7) is 4.14. The van der Waals surface area contributed by atoms with Gasteiger partial charge in [-0.15, -0.1) is 0 Å². The Kier molecular flexibility index (Phi) is 3.90. The van der Waals surface area contributed by atoms with Gasteiger partial charge in [-0.3, -0.25) is 4.79 Å². The zero-order valence-corrected chi connectivity index (χ0v) is 11.2. The van der Waals surface area contributed by atoms with Crippen LogP contribution in [-0.4, -0.2) is 11.9 Å². The van der Waals surface area contributed by atoms with Crippen LogP contribution in [0.1, 0.15) is 48.5 Å². The quantitative estimate of drug-likeness (QED) is 0.788. The van der Waals surface area contributed by atoms with Gasteiger partial charge in [0.2, 0.25) is 0 Å². The van der Waals surface area contributed by atoms with Crippen molar-refractivity contribution in [3.8, 4) is 0 Å². The molecule has 18 heavy (non-hydrogen) atoms. The van der Waals surface area contributed by atoms with E-state index in [-0.39, 0.29) is 5.91 Å². The minimum absolute atomic E-state index is 0.0325. The smallest absolute Gasteiger partial charge is 0.253 e. The number of hydrogen-bond acceptors (Lipinski definition) is 2. The summed E-state index contributed by atoms with van der Waals surface area (Å²) in [5.74, 6) is 0.531. The Morgan fingerprint density at radius 2 is 2.06 bits per heavy atom. The van der Waals surface area contributed by atoms with E-state index in [2.05, 4.69) is 12.2 Å². The third kappa shape index (κ3) is 2.66. The number of carbonyl (C=O) groups is 1. The van der Waals surface area contributed by atoms with Crippen LogP contribution in [0.4, 0.5) is 5.69 Å². The largest absolute Gasteiger partial charge is 0.398 e. The standard InChI is InChI=1S/C15H22N2O/c1-10-6-3-4-9-13(10)17-15(18)12-8-5-7-11(2)14(12)16/h5,7-8,10,13H,3-4,6,9,16H2,1-2H3,(H,17,18). The fraction of sp³-hybridized carbons (Fsp3) is 0.533. The molecule has 0 bridgehead atoms. The van der Waals surface area contributed by atoms with Crippen molar-refractivity contribution in [3.63, 3.8) is 0 Å². The third-order valence-electron chi connectivity index (χ3n) is 4.00. The summed E-state index contributed by atoms with van der Waals surface area (Å²) in [6.07, 6.45) is 4.77. The van der Waals surface area contributed by atoms with Crippen LogP contribution in [0.2, 0.25) is 0 Å². The van der Waals surface area contributed by atoms with Crippen molar-refractivity contribution in [1.29, 1.82) is 0 Å². The van der Waals surface area contributed by atoms with Gasteiger partial charge >= 0.3 is 0 Å². The van der Waals surface area contributed by atoms with Gasteiger partial charge in [0.25, 0.3) is 5.91 Å². The van der Waals surface area contributed by atoms with Crippen LogP contribution in [0.15, 0.2) is 18.2 Å². The molecule has 1 aromatic rings. The number of anilines is 1. The summed E-state index contributed by atoms with van der Waals surface area (Å²) in [5, 5.41) is 3.13. The van der Waals surface area contributed by atoms with Gasteiger partial charge in [0, 0.05) is 11.7 Å². The zero-order chi connectivity index (χ0) is 13.1. The van der Waals surface area contributed by atoms with Crippen LogP contribution in [0.3, 0.4) is 0 Å². The van der Waals surface area contributed by atoms with Crippen molar-refractivity contribution in [2.45, 2.75) is 45.6 Å².